The molecule has 3 aromatic rings. The van der Waals surface area contributed by atoms with Crippen LogP contribution in [0.25, 0.3) is 0 Å². The van der Waals surface area contributed by atoms with E-state index in [1.807, 2.05) is 0 Å². The highest BCUT2D eigenvalue weighted by Crippen LogP contribution is 2.24. The molecule has 0 aromatic heterocycles. The summed E-state index contributed by atoms with van der Waals surface area (Å²) >= 11 is 6.02. The maximum absolute atomic E-state index is 12.8. The van der Waals surface area contributed by atoms with Gasteiger partial charge in [0.05, 0.1) is 16.1 Å². The maximum atomic E-state index is 12.8. The lowest BCUT2D eigenvalue weighted by Crippen LogP contribution is -2.22. The number of hydrogen-bond donors (Lipinski definition) is 1. The second kappa shape index (κ2) is 9.76. The number of benzene rings is 3. The van der Waals surface area contributed by atoms with Crippen LogP contribution in [0.3, 0.4) is 0 Å². The Bertz CT molecular complexity index is 1270. The Morgan fingerprint density at radius 2 is 1.56 bits per heavy atom. The third kappa shape index (κ3) is 5.81. The molecule has 32 heavy (non-hydrogen) atoms. The Kier molecular flexibility index (Phi) is 7.07. The van der Waals surface area contributed by atoms with E-state index in [2.05, 4.69) is 5.32 Å². The van der Waals surface area contributed by atoms with Crippen molar-refractivity contribution in [2.75, 3.05) is 18.2 Å². The highest BCUT2D eigenvalue weighted by Gasteiger charge is 2.17. The van der Waals surface area contributed by atoms with E-state index < -0.39 is 28.3 Å². The summed E-state index contributed by atoms with van der Waals surface area (Å²) in [7, 11) is -3.39. The minimum Gasteiger partial charge on any atom is -0.452 e. The van der Waals surface area contributed by atoms with Crippen LogP contribution in [0.2, 0.25) is 5.02 Å². The van der Waals surface area contributed by atoms with Crippen LogP contribution in [-0.4, -0.2) is 38.9 Å². The summed E-state index contributed by atoms with van der Waals surface area (Å²) in [6, 6.07) is 18.1. The van der Waals surface area contributed by atoms with E-state index in [-0.39, 0.29) is 27.5 Å². The van der Waals surface area contributed by atoms with Crippen molar-refractivity contribution in [2.45, 2.75) is 4.90 Å². The van der Waals surface area contributed by atoms with E-state index in [1.165, 1.54) is 42.5 Å². The standard InChI is InChI=1S/C23H18ClNO6S/c1-32(29,30)18-10-7-16(8-11-18)23(28)31-14-21(26)25-20-12-9-17(24)13-19(20)22(27)15-5-3-2-4-6-15/h2-13H,14H2,1H3,(H,25,26). The first kappa shape index (κ1) is 23.2. The maximum Gasteiger partial charge on any atom is 0.338 e. The second-order valence-electron chi connectivity index (χ2n) is 6.81. The zero-order valence-electron chi connectivity index (χ0n) is 16.9. The molecule has 3 rings (SSSR count). The average molecular weight is 472 g/mol. The minimum absolute atomic E-state index is 0.0603. The van der Waals surface area contributed by atoms with Gasteiger partial charge in [-0.2, -0.15) is 0 Å². The first-order valence-corrected chi connectivity index (χ1v) is 11.6. The van der Waals surface area contributed by atoms with Crippen molar-refractivity contribution >= 4 is 44.8 Å². The van der Waals surface area contributed by atoms with Crippen molar-refractivity contribution in [3.05, 3.63) is 94.5 Å². The van der Waals surface area contributed by atoms with Gasteiger partial charge < -0.3 is 10.1 Å². The fourth-order valence-corrected chi connectivity index (χ4v) is 3.60. The molecule has 0 unspecified atom stereocenters. The Labute approximate surface area is 189 Å². The molecule has 7 nitrogen and oxygen atoms in total. The number of ether oxygens (including phenoxy) is 1. The average Bonchev–Trinajstić information content (AvgIpc) is 2.78. The molecule has 0 aliphatic heterocycles. The first-order valence-electron chi connectivity index (χ1n) is 9.31. The number of hydrogen-bond acceptors (Lipinski definition) is 6. The molecular weight excluding hydrogens is 454 g/mol. The van der Waals surface area contributed by atoms with Crippen molar-refractivity contribution in [2.24, 2.45) is 0 Å². The summed E-state index contributed by atoms with van der Waals surface area (Å²) in [6.45, 7) is -0.603. The van der Waals surface area contributed by atoms with Crippen LogP contribution in [0.4, 0.5) is 5.69 Å². The van der Waals surface area contributed by atoms with Crippen molar-refractivity contribution in [3.8, 4) is 0 Å². The predicted octanol–water partition coefficient (Wildman–Crippen LogP) is 3.77. The molecule has 0 spiro atoms. The molecule has 9 heteroatoms. The molecule has 0 saturated heterocycles. The number of ketones is 1. The monoisotopic (exact) mass is 471 g/mol. The fraction of sp³-hybridized carbons (Fsp3) is 0.0870. The van der Waals surface area contributed by atoms with Gasteiger partial charge in [0.25, 0.3) is 5.91 Å². The van der Waals surface area contributed by atoms with Gasteiger partial charge in [-0.25, -0.2) is 13.2 Å². The van der Waals surface area contributed by atoms with Gasteiger partial charge in [0, 0.05) is 22.4 Å². The summed E-state index contributed by atoms with van der Waals surface area (Å²) in [6.07, 6.45) is 1.05. The second-order valence-corrected chi connectivity index (χ2v) is 9.26. The normalized spacial score (nSPS) is 10.9. The molecule has 3 aromatic carbocycles. The minimum atomic E-state index is -3.39. The largest absolute Gasteiger partial charge is 0.452 e. The number of carbonyl (C=O) groups is 3. The van der Waals surface area contributed by atoms with Crippen LogP contribution in [0.5, 0.6) is 0 Å². The Morgan fingerprint density at radius 3 is 2.19 bits per heavy atom. The van der Waals surface area contributed by atoms with Crippen LogP contribution >= 0.6 is 11.6 Å². The molecule has 0 atom stereocenters. The van der Waals surface area contributed by atoms with Gasteiger partial charge in [-0.3, -0.25) is 9.59 Å². The predicted molar refractivity (Wildman–Crippen MR) is 120 cm³/mol. The highest BCUT2D eigenvalue weighted by atomic mass is 35.5. The fourth-order valence-electron chi connectivity index (χ4n) is 2.80. The van der Waals surface area contributed by atoms with Gasteiger partial charge in [0.1, 0.15) is 0 Å². The van der Waals surface area contributed by atoms with E-state index in [1.54, 1.807) is 30.3 Å². The quantitative estimate of drug-likeness (QED) is 0.415. The third-order valence-corrected chi connectivity index (χ3v) is 5.75. The van der Waals surface area contributed by atoms with Crippen LogP contribution in [0.1, 0.15) is 26.3 Å². The number of rotatable bonds is 7. The molecule has 0 radical (unpaired) electrons. The number of amides is 1. The van der Waals surface area contributed by atoms with Crippen molar-refractivity contribution in [1.29, 1.82) is 0 Å². The van der Waals surface area contributed by atoms with Gasteiger partial charge >= 0.3 is 5.97 Å². The summed E-state index contributed by atoms with van der Waals surface area (Å²) in [4.78, 5) is 37.3. The molecule has 0 fully saturated rings. The number of esters is 1. The molecule has 0 heterocycles. The molecular formula is C23H18ClNO6S. The van der Waals surface area contributed by atoms with Gasteiger partial charge in [-0.15, -0.1) is 0 Å². The number of anilines is 1. The molecule has 0 aliphatic carbocycles. The summed E-state index contributed by atoms with van der Waals surface area (Å²) in [5, 5.41) is 2.87. The molecule has 0 aliphatic rings. The molecule has 1 amide bonds. The first-order chi connectivity index (χ1) is 15.1. The Balaban J connectivity index is 1.67. The van der Waals surface area contributed by atoms with Crippen LogP contribution in [-0.2, 0) is 19.4 Å². The lowest BCUT2D eigenvalue weighted by molar-refractivity contribution is -0.119. The van der Waals surface area contributed by atoms with Gasteiger partial charge in [0.2, 0.25) is 0 Å². The molecule has 1 N–H and O–H groups in total. The van der Waals surface area contributed by atoms with E-state index in [0.29, 0.717) is 10.6 Å². The Hall–Kier alpha value is -3.49. The summed E-state index contributed by atoms with van der Waals surface area (Å²) in [5.74, 6) is -1.78. The van der Waals surface area contributed by atoms with E-state index in [0.717, 1.165) is 6.26 Å². The summed E-state index contributed by atoms with van der Waals surface area (Å²) in [5.41, 5.74) is 0.937. The van der Waals surface area contributed by atoms with E-state index in [9.17, 15) is 22.8 Å². The van der Waals surface area contributed by atoms with Crippen LogP contribution < -0.4 is 5.32 Å². The lowest BCUT2D eigenvalue weighted by atomic mass is 10.0. The van der Waals surface area contributed by atoms with Crippen molar-refractivity contribution in [3.63, 3.8) is 0 Å². The smallest absolute Gasteiger partial charge is 0.338 e. The number of nitrogens with one attached hydrogen (secondary N) is 1. The SMILES string of the molecule is CS(=O)(=O)c1ccc(C(=O)OCC(=O)Nc2ccc(Cl)cc2C(=O)c2ccccc2)cc1. The van der Waals surface area contributed by atoms with Gasteiger partial charge in [-0.05, 0) is 42.5 Å². The Morgan fingerprint density at radius 1 is 0.906 bits per heavy atom. The zero-order chi connectivity index (χ0) is 23.3. The highest BCUT2D eigenvalue weighted by molar-refractivity contribution is 7.90. The van der Waals surface area contributed by atoms with Crippen LogP contribution in [0.15, 0.2) is 77.7 Å². The third-order valence-electron chi connectivity index (χ3n) is 4.39. The topological polar surface area (TPSA) is 107 Å². The molecule has 164 valence electrons. The zero-order valence-corrected chi connectivity index (χ0v) is 18.4. The lowest BCUT2D eigenvalue weighted by Gasteiger charge is -2.11. The number of carbonyl (C=O) groups excluding carboxylic acids is 3. The van der Waals surface area contributed by atoms with Gasteiger partial charge in [-0.1, -0.05) is 41.9 Å². The number of halogens is 1. The van der Waals surface area contributed by atoms with Gasteiger partial charge in [0.15, 0.2) is 22.2 Å². The van der Waals surface area contributed by atoms with Crippen molar-refractivity contribution < 1.29 is 27.5 Å². The molecule has 0 saturated carbocycles. The van der Waals surface area contributed by atoms with Crippen LogP contribution in [0, 0.1) is 0 Å². The number of sulfone groups is 1. The van der Waals surface area contributed by atoms with E-state index in [4.69, 9.17) is 16.3 Å². The summed E-state index contributed by atoms with van der Waals surface area (Å²) < 4.78 is 28.0. The van der Waals surface area contributed by atoms with E-state index >= 15 is 0 Å². The van der Waals surface area contributed by atoms with Crippen molar-refractivity contribution in [1.82, 2.24) is 0 Å². The molecule has 0 bridgehead atoms.